The molecule has 1 heterocycles. The van der Waals surface area contributed by atoms with E-state index < -0.39 is 0 Å². The Labute approximate surface area is 72.2 Å². The van der Waals surface area contributed by atoms with Crippen molar-refractivity contribution in [1.82, 2.24) is 0 Å². The molecule has 1 heteroatoms. The summed E-state index contributed by atoms with van der Waals surface area (Å²) in [6.45, 7) is 14.2. The van der Waals surface area contributed by atoms with Gasteiger partial charge in [0.05, 0.1) is 0 Å². The van der Waals surface area contributed by atoms with Gasteiger partial charge in [-0.15, -0.1) is 8.20 Å². The molecule has 0 radical (unpaired) electrons. The third kappa shape index (κ3) is 1.07. The molecule has 64 valence electrons. The van der Waals surface area contributed by atoms with Crippen LogP contribution in [0.4, 0.5) is 0 Å². The summed E-state index contributed by atoms with van der Waals surface area (Å²) >= 11 is 0. The van der Waals surface area contributed by atoms with Gasteiger partial charge < -0.3 is 0 Å². The summed E-state index contributed by atoms with van der Waals surface area (Å²) in [6.07, 6.45) is 0. The van der Waals surface area contributed by atoms with Crippen molar-refractivity contribution in [2.24, 2.45) is 10.8 Å². The fourth-order valence-corrected chi connectivity index (χ4v) is 3.01. The summed E-state index contributed by atoms with van der Waals surface area (Å²) in [7, 11) is 1.50. The lowest BCUT2D eigenvalue weighted by Gasteiger charge is -2.43. The maximum Gasteiger partial charge on any atom is 0.0122 e. The van der Waals surface area contributed by atoms with E-state index in [2.05, 4.69) is 47.3 Å². The Morgan fingerprint density at radius 3 is 1.45 bits per heavy atom. The van der Waals surface area contributed by atoms with Crippen molar-refractivity contribution >= 4 is 14.0 Å². The highest BCUT2D eigenvalue weighted by Gasteiger charge is 2.50. The van der Waals surface area contributed by atoms with Gasteiger partial charge in [0.1, 0.15) is 0 Å². The Bertz CT molecular complexity index is 177. The van der Waals surface area contributed by atoms with Crippen molar-refractivity contribution in [3.8, 4) is 0 Å². The largest absolute Gasteiger partial charge is 0.101 e. The van der Waals surface area contributed by atoms with E-state index in [1.54, 1.807) is 0 Å². The van der Waals surface area contributed by atoms with Crippen LogP contribution in [0.1, 0.15) is 41.5 Å². The van der Waals surface area contributed by atoms with Crippen LogP contribution in [-0.2, 0) is 0 Å². The second kappa shape index (κ2) is 2.10. The predicted molar refractivity (Wildman–Crippen MR) is 54.6 cm³/mol. The van der Waals surface area contributed by atoms with Crippen LogP contribution in [0.2, 0.25) is 0 Å². The molecule has 0 saturated heterocycles. The van der Waals surface area contributed by atoms with E-state index in [1.165, 1.54) is 8.20 Å². The van der Waals surface area contributed by atoms with Gasteiger partial charge in [-0.25, -0.2) is 0 Å². The molecular formula is C10H19P. The lowest BCUT2D eigenvalue weighted by atomic mass is 9.63. The monoisotopic (exact) mass is 170 g/mol. The van der Waals surface area contributed by atoms with Gasteiger partial charge in [-0.05, 0) is 10.8 Å². The lowest BCUT2D eigenvalue weighted by molar-refractivity contribution is 0.153. The zero-order chi connectivity index (χ0) is 8.91. The summed E-state index contributed by atoms with van der Waals surface area (Å²) in [4.78, 5) is 0. The molecule has 0 saturated carbocycles. The van der Waals surface area contributed by atoms with Crippen molar-refractivity contribution in [2.45, 2.75) is 46.7 Å². The second-order valence-corrected chi connectivity index (χ2v) is 6.80. The van der Waals surface area contributed by atoms with Gasteiger partial charge in [-0.1, -0.05) is 47.3 Å². The predicted octanol–water partition coefficient (Wildman–Crippen LogP) is 3.58. The maximum atomic E-state index is 2.45. The first-order valence-electron chi connectivity index (χ1n) is 4.27. The first-order chi connectivity index (χ1) is 4.71. The third-order valence-corrected chi connectivity index (χ3v) is 5.83. The van der Waals surface area contributed by atoms with Crippen LogP contribution in [0.3, 0.4) is 0 Å². The minimum absolute atomic E-state index is 0.387. The van der Waals surface area contributed by atoms with Crippen molar-refractivity contribution < 1.29 is 0 Å². The number of rotatable bonds is 0. The van der Waals surface area contributed by atoms with Crippen LogP contribution in [0.15, 0.2) is 0 Å². The summed E-state index contributed by atoms with van der Waals surface area (Å²) in [5.41, 5.74) is 0.805. The molecule has 0 nitrogen and oxygen atoms in total. The van der Waals surface area contributed by atoms with Crippen LogP contribution >= 0.6 is 8.20 Å². The van der Waals surface area contributed by atoms with E-state index >= 15 is 0 Å². The Hall–Kier alpha value is 0.170. The first kappa shape index (κ1) is 9.26. The fourth-order valence-electron chi connectivity index (χ4n) is 1.43. The molecule has 1 aliphatic rings. The zero-order valence-electron chi connectivity index (χ0n) is 8.52. The fraction of sp³-hybridized carbons (Fsp3) is 0.900. The van der Waals surface area contributed by atoms with Crippen molar-refractivity contribution in [2.75, 3.05) is 0 Å². The smallest absolute Gasteiger partial charge is 0.0122 e. The molecule has 0 aromatic carbocycles. The first-order valence-corrected chi connectivity index (χ1v) is 5.23. The molecule has 0 aromatic heterocycles. The van der Waals surface area contributed by atoms with Crippen molar-refractivity contribution in [3.05, 3.63) is 0 Å². The van der Waals surface area contributed by atoms with Crippen molar-refractivity contribution in [1.29, 1.82) is 0 Å². The number of hydrogen-bond donors (Lipinski definition) is 0. The van der Waals surface area contributed by atoms with Gasteiger partial charge in [-0.3, -0.25) is 0 Å². The maximum absolute atomic E-state index is 2.45. The van der Waals surface area contributed by atoms with Crippen molar-refractivity contribution in [3.63, 3.8) is 0 Å². The Morgan fingerprint density at radius 1 is 0.909 bits per heavy atom. The van der Waals surface area contributed by atoms with Crippen LogP contribution in [0, 0.1) is 10.8 Å². The standard InChI is InChI=1S/C10H19P/c1-8(2)7-11-10(5,6)9(8,3)4/h7H,1-6H3. The normalized spacial score (nSPS) is 32.2. The minimum Gasteiger partial charge on any atom is -0.101 e. The highest BCUT2D eigenvalue weighted by Crippen LogP contribution is 2.57. The van der Waals surface area contributed by atoms with Gasteiger partial charge in [0, 0.05) is 5.16 Å². The highest BCUT2D eigenvalue weighted by atomic mass is 31.1. The van der Waals surface area contributed by atoms with Crippen LogP contribution in [-0.4, -0.2) is 11.0 Å². The van der Waals surface area contributed by atoms with E-state index in [1.807, 2.05) is 0 Å². The molecule has 0 atom stereocenters. The number of hydrogen-bond acceptors (Lipinski definition) is 0. The molecule has 0 spiro atoms. The van der Waals surface area contributed by atoms with Gasteiger partial charge in [-0.2, -0.15) is 0 Å². The van der Waals surface area contributed by atoms with Crippen LogP contribution in [0.25, 0.3) is 0 Å². The topological polar surface area (TPSA) is 0 Å². The van der Waals surface area contributed by atoms with E-state index in [4.69, 9.17) is 0 Å². The molecule has 1 aliphatic heterocycles. The molecule has 0 aliphatic carbocycles. The Morgan fingerprint density at radius 2 is 1.36 bits per heavy atom. The molecule has 1 rings (SSSR count). The lowest BCUT2D eigenvalue weighted by Crippen LogP contribution is -2.41. The van der Waals surface area contributed by atoms with Gasteiger partial charge in [0.25, 0.3) is 0 Å². The van der Waals surface area contributed by atoms with E-state index in [-0.39, 0.29) is 0 Å². The molecule has 0 fully saturated rings. The minimum atomic E-state index is 0.387. The zero-order valence-corrected chi connectivity index (χ0v) is 9.42. The summed E-state index contributed by atoms with van der Waals surface area (Å²) in [5, 5.41) is 0.441. The van der Waals surface area contributed by atoms with Crippen LogP contribution < -0.4 is 0 Å². The quantitative estimate of drug-likeness (QED) is 0.487. The second-order valence-electron chi connectivity index (χ2n) is 5.16. The molecule has 11 heavy (non-hydrogen) atoms. The molecular weight excluding hydrogens is 151 g/mol. The SMILES string of the molecule is CC1(C)C=PC(C)(C)C1(C)C. The van der Waals surface area contributed by atoms with Crippen LogP contribution in [0.5, 0.6) is 0 Å². The van der Waals surface area contributed by atoms with E-state index in [0.29, 0.717) is 16.0 Å². The van der Waals surface area contributed by atoms with Gasteiger partial charge in [0.2, 0.25) is 0 Å². The average molecular weight is 170 g/mol. The summed E-state index contributed by atoms with van der Waals surface area (Å²) < 4.78 is 0. The average Bonchev–Trinajstić information content (AvgIpc) is 1.93. The third-order valence-electron chi connectivity index (χ3n) is 3.85. The Kier molecular flexibility index (Phi) is 1.77. The van der Waals surface area contributed by atoms with Gasteiger partial charge in [0.15, 0.2) is 0 Å². The highest BCUT2D eigenvalue weighted by molar-refractivity contribution is 7.41. The summed E-state index contributed by atoms with van der Waals surface area (Å²) in [6, 6.07) is 0. The van der Waals surface area contributed by atoms with E-state index in [0.717, 1.165) is 0 Å². The van der Waals surface area contributed by atoms with Gasteiger partial charge >= 0.3 is 0 Å². The molecule has 0 aromatic rings. The molecule has 0 unspecified atom stereocenters. The summed E-state index contributed by atoms with van der Waals surface area (Å²) in [5.74, 6) is 2.45. The molecule has 0 bridgehead atoms. The Balaban J connectivity index is 3.09. The van der Waals surface area contributed by atoms with E-state index in [9.17, 15) is 0 Å². The molecule has 0 N–H and O–H groups in total. The molecule has 0 amide bonds.